The van der Waals surface area contributed by atoms with Crippen LogP contribution in [-0.4, -0.2) is 10.1 Å². The van der Waals surface area contributed by atoms with E-state index in [9.17, 15) is 4.79 Å². The molecule has 1 aromatic heterocycles. The van der Waals surface area contributed by atoms with Gasteiger partial charge in [-0.15, -0.1) is 0 Å². The molecule has 3 heteroatoms. The van der Waals surface area contributed by atoms with Crippen LogP contribution < -0.4 is 5.56 Å². The number of hydrogen-bond donors (Lipinski definition) is 2. The molecule has 0 fully saturated rings. The Labute approximate surface area is 58.3 Å². The van der Waals surface area contributed by atoms with E-state index in [0.29, 0.717) is 0 Å². The van der Waals surface area contributed by atoms with Crippen LogP contribution in [0.15, 0.2) is 16.9 Å². The van der Waals surface area contributed by atoms with Crippen LogP contribution in [-0.2, 0) is 6.42 Å². The standard InChI is InChI=1S/C7H9NO2/c1-2-5-3-6(9)4-7(10)8-5/h3-4H,2H2,1H3,(H2,8,9,10). The number of hydrogen-bond acceptors (Lipinski definition) is 2. The van der Waals surface area contributed by atoms with E-state index in [4.69, 9.17) is 5.11 Å². The van der Waals surface area contributed by atoms with Crippen molar-refractivity contribution >= 4 is 0 Å². The van der Waals surface area contributed by atoms with Crippen molar-refractivity contribution < 1.29 is 5.11 Å². The molecule has 1 heterocycles. The van der Waals surface area contributed by atoms with Crippen molar-refractivity contribution in [3.8, 4) is 5.75 Å². The Morgan fingerprint density at radius 1 is 1.60 bits per heavy atom. The third-order valence-corrected chi connectivity index (χ3v) is 1.27. The zero-order valence-electron chi connectivity index (χ0n) is 5.72. The van der Waals surface area contributed by atoms with Gasteiger partial charge in [-0.25, -0.2) is 0 Å². The van der Waals surface area contributed by atoms with Gasteiger partial charge in [0.2, 0.25) is 0 Å². The molecule has 0 saturated carbocycles. The number of aryl methyl sites for hydroxylation is 1. The van der Waals surface area contributed by atoms with E-state index in [-0.39, 0.29) is 11.3 Å². The predicted octanol–water partition coefficient (Wildman–Crippen LogP) is 0.643. The Kier molecular flexibility index (Phi) is 1.76. The largest absolute Gasteiger partial charge is 0.508 e. The van der Waals surface area contributed by atoms with Gasteiger partial charge in [0, 0.05) is 11.8 Å². The van der Waals surface area contributed by atoms with Crippen molar-refractivity contribution in [3.05, 3.63) is 28.2 Å². The smallest absolute Gasteiger partial charge is 0.251 e. The maximum Gasteiger partial charge on any atom is 0.251 e. The second-order valence-corrected chi connectivity index (χ2v) is 2.08. The SMILES string of the molecule is CCc1cc(O)cc(=O)[nH]1. The molecule has 0 saturated heterocycles. The van der Waals surface area contributed by atoms with Gasteiger partial charge < -0.3 is 10.1 Å². The average Bonchev–Trinajstić information content (AvgIpc) is 1.85. The highest BCUT2D eigenvalue weighted by atomic mass is 16.3. The summed E-state index contributed by atoms with van der Waals surface area (Å²) in [5.74, 6) is 0.0283. The average molecular weight is 139 g/mol. The molecular weight excluding hydrogens is 130 g/mol. The van der Waals surface area contributed by atoms with Crippen molar-refractivity contribution in [2.24, 2.45) is 0 Å². The summed E-state index contributed by atoms with van der Waals surface area (Å²) >= 11 is 0. The van der Waals surface area contributed by atoms with E-state index in [2.05, 4.69) is 4.98 Å². The topological polar surface area (TPSA) is 53.1 Å². The first-order chi connectivity index (χ1) is 4.72. The minimum Gasteiger partial charge on any atom is -0.508 e. The number of aromatic amines is 1. The Balaban J connectivity index is 3.19. The molecule has 1 aromatic rings. The van der Waals surface area contributed by atoms with E-state index in [1.165, 1.54) is 0 Å². The zero-order valence-corrected chi connectivity index (χ0v) is 5.72. The molecule has 0 aliphatic rings. The van der Waals surface area contributed by atoms with Gasteiger partial charge in [0.1, 0.15) is 5.75 Å². The lowest BCUT2D eigenvalue weighted by Crippen LogP contribution is -2.05. The summed E-state index contributed by atoms with van der Waals surface area (Å²) in [5, 5.41) is 8.91. The fraction of sp³-hybridized carbons (Fsp3) is 0.286. The summed E-state index contributed by atoms with van der Waals surface area (Å²) in [7, 11) is 0. The summed E-state index contributed by atoms with van der Waals surface area (Å²) < 4.78 is 0. The number of H-pyrrole nitrogens is 1. The third kappa shape index (κ3) is 1.37. The van der Waals surface area contributed by atoms with Crippen LogP contribution in [0.1, 0.15) is 12.6 Å². The van der Waals surface area contributed by atoms with E-state index < -0.39 is 0 Å². The Bertz CT molecular complexity index is 277. The molecule has 54 valence electrons. The second-order valence-electron chi connectivity index (χ2n) is 2.08. The van der Waals surface area contributed by atoms with Gasteiger partial charge in [0.05, 0.1) is 0 Å². The van der Waals surface area contributed by atoms with Gasteiger partial charge in [-0.05, 0) is 12.5 Å². The Hall–Kier alpha value is -1.25. The van der Waals surface area contributed by atoms with Crippen LogP contribution in [0.2, 0.25) is 0 Å². The van der Waals surface area contributed by atoms with Crippen LogP contribution in [0.5, 0.6) is 5.75 Å². The lowest BCUT2D eigenvalue weighted by Gasteiger charge is -1.95. The first-order valence-corrected chi connectivity index (χ1v) is 3.14. The molecule has 3 nitrogen and oxygen atoms in total. The fourth-order valence-corrected chi connectivity index (χ4v) is 0.775. The molecule has 0 amide bonds. The summed E-state index contributed by atoms with van der Waals surface area (Å²) in [4.78, 5) is 13.2. The van der Waals surface area contributed by atoms with Gasteiger partial charge >= 0.3 is 0 Å². The number of nitrogens with one attached hydrogen (secondary N) is 1. The van der Waals surface area contributed by atoms with Crippen molar-refractivity contribution in [3.63, 3.8) is 0 Å². The first kappa shape index (κ1) is 6.86. The quantitative estimate of drug-likeness (QED) is 0.600. The van der Waals surface area contributed by atoms with E-state index in [0.717, 1.165) is 18.2 Å². The summed E-state index contributed by atoms with van der Waals surface area (Å²) in [5.41, 5.74) is 0.502. The van der Waals surface area contributed by atoms with Gasteiger partial charge in [-0.3, -0.25) is 4.79 Å². The minimum atomic E-state index is -0.253. The zero-order chi connectivity index (χ0) is 7.56. The van der Waals surface area contributed by atoms with Gasteiger partial charge in [0.15, 0.2) is 0 Å². The van der Waals surface area contributed by atoms with E-state index in [1.54, 1.807) is 6.07 Å². The van der Waals surface area contributed by atoms with E-state index in [1.807, 2.05) is 6.92 Å². The maximum absolute atomic E-state index is 10.7. The Morgan fingerprint density at radius 2 is 2.30 bits per heavy atom. The molecule has 0 bridgehead atoms. The monoisotopic (exact) mass is 139 g/mol. The van der Waals surface area contributed by atoms with Gasteiger partial charge in [-0.2, -0.15) is 0 Å². The molecule has 0 aliphatic carbocycles. The summed E-state index contributed by atoms with van der Waals surface area (Å²) in [6.07, 6.45) is 0.726. The summed E-state index contributed by atoms with van der Waals surface area (Å²) in [6.45, 7) is 1.91. The van der Waals surface area contributed by atoms with Crippen molar-refractivity contribution in [1.29, 1.82) is 0 Å². The lowest BCUT2D eigenvalue weighted by atomic mass is 10.3. The van der Waals surface area contributed by atoms with Crippen LogP contribution in [0.4, 0.5) is 0 Å². The number of aromatic hydroxyl groups is 1. The highest BCUT2D eigenvalue weighted by Crippen LogP contribution is 2.04. The molecule has 0 aromatic carbocycles. The van der Waals surface area contributed by atoms with E-state index >= 15 is 0 Å². The molecule has 0 radical (unpaired) electrons. The Morgan fingerprint density at radius 3 is 2.80 bits per heavy atom. The van der Waals surface area contributed by atoms with Crippen LogP contribution in [0.3, 0.4) is 0 Å². The molecule has 2 N–H and O–H groups in total. The van der Waals surface area contributed by atoms with Gasteiger partial charge in [0.25, 0.3) is 5.56 Å². The molecule has 0 spiro atoms. The highest BCUT2D eigenvalue weighted by Gasteiger charge is 1.93. The maximum atomic E-state index is 10.7. The molecule has 10 heavy (non-hydrogen) atoms. The summed E-state index contributed by atoms with van der Waals surface area (Å²) in [6, 6.07) is 2.70. The lowest BCUT2D eigenvalue weighted by molar-refractivity contribution is 0.472. The molecular formula is C7H9NO2. The molecule has 1 rings (SSSR count). The number of aromatic nitrogens is 1. The van der Waals surface area contributed by atoms with Crippen molar-refractivity contribution in [2.75, 3.05) is 0 Å². The molecule has 0 unspecified atom stereocenters. The first-order valence-electron chi connectivity index (χ1n) is 3.14. The third-order valence-electron chi connectivity index (χ3n) is 1.27. The van der Waals surface area contributed by atoms with Crippen LogP contribution in [0.25, 0.3) is 0 Å². The van der Waals surface area contributed by atoms with Crippen LogP contribution in [0, 0.1) is 0 Å². The highest BCUT2D eigenvalue weighted by molar-refractivity contribution is 5.20. The second kappa shape index (κ2) is 2.56. The van der Waals surface area contributed by atoms with Crippen molar-refractivity contribution in [2.45, 2.75) is 13.3 Å². The molecule has 0 atom stereocenters. The number of rotatable bonds is 1. The molecule has 0 aliphatic heterocycles. The predicted molar refractivity (Wildman–Crippen MR) is 38.1 cm³/mol. The van der Waals surface area contributed by atoms with Crippen molar-refractivity contribution in [1.82, 2.24) is 4.98 Å². The number of pyridine rings is 1. The van der Waals surface area contributed by atoms with Crippen LogP contribution >= 0.6 is 0 Å². The fourth-order valence-electron chi connectivity index (χ4n) is 0.775. The van der Waals surface area contributed by atoms with Gasteiger partial charge in [-0.1, -0.05) is 6.92 Å². The normalized spacial score (nSPS) is 9.70. The minimum absolute atomic E-state index is 0.0283.